The van der Waals surface area contributed by atoms with Crippen LogP contribution in [0.4, 0.5) is 5.69 Å². The third-order valence-corrected chi connectivity index (χ3v) is 3.22. The van der Waals surface area contributed by atoms with Crippen molar-refractivity contribution in [3.63, 3.8) is 0 Å². The fraction of sp³-hybridized carbons (Fsp3) is 0.545. The summed E-state index contributed by atoms with van der Waals surface area (Å²) in [4.78, 5) is 6.50. The Balaban J connectivity index is 2.24. The van der Waals surface area contributed by atoms with Crippen LogP contribution in [0, 0.1) is 6.92 Å². The molecule has 1 saturated heterocycles. The first-order chi connectivity index (χ1) is 7.18. The van der Waals surface area contributed by atoms with Crippen molar-refractivity contribution >= 4 is 17.3 Å². The Morgan fingerprint density at radius 2 is 2.40 bits per heavy atom. The zero-order chi connectivity index (χ0) is 10.8. The highest BCUT2D eigenvalue weighted by molar-refractivity contribution is 6.33. The topological polar surface area (TPSA) is 28.2 Å². The van der Waals surface area contributed by atoms with Crippen molar-refractivity contribution < 1.29 is 0 Å². The van der Waals surface area contributed by atoms with Crippen molar-refractivity contribution in [3.05, 3.63) is 23.0 Å². The number of nitrogens with one attached hydrogen (secondary N) is 1. The lowest BCUT2D eigenvalue weighted by molar-refractivity contribution is 0.485. The Morgan fingerprint density at radius 3 is 3.13 bits per heavy atom. The zero-order valence-corrected chi connectivity index (χ0v) is 9.88. The number of hydrogen-bond acceptors (Lipinski definition) is 3. The number of rotatable bonds is 1. The first-order valence-corrected chi connectivity index (χ1v) is 5.65. The van der Waals surface area contributed by atoms with E-state index in [1.807, 2.05) is 19.2 Å². The molecule has 82 valence electrons. The number of piperazine rings is 1. The quantitative estimate of drug-likeness (QED) is 0.791. The van der Waals surface area contributed by atoms with E-state index in [0.29, 0.717) is 6.04 Å². The van der Waals surface area contributed by atoms with Crippen LogP contribution in [-0.4, -0.2) is 30.7 Å². The monoisotopic (exact) mass is 225 g/mol. The van der Waals surface area contributed by atoms with E-state index in [-0.39, 0.29) is 0 Å². The van der Waals surface area contributed by atoms with Gasteiger partial charge in [0, 0.05) is 31.9 Å². The molecule has 4 heteroatoms. The molecule has 0 bridgehead atoms. The number of anilines is 1. The second kappa shape index (κ2) is 4.37. The molecule has 0 unspecified atom stereocenters. The minimum Gasteiger partial charge on any atom is -0.367 e. The molecule has 1 N–H and O–H groups in total. The van der Waals surface area contributed by atoms with Crippen LogP contribution in [0.15, 0.2) is 12.3 Å². The van der Waals surface area contributed by atoms with Gasteiger partial charge >= 0.3 is 0 Å². The predicted octanol–water partition coefficient (Wildman–Crippen LogP) is 1.84. The van der Waals surface area contributed by atoms with Gasteiger partial charge in [0.2, 0.25) is 0 Å². The Labute approximate surface area is 95.4 Å². The second-order valence-electron chi connectivity index (χ2n) is 4.03. The van der Waals surface area contributed by atoms with Crippen molar-refractivity contribution in [2.45, 2.75) is 19.9 Å². The molecule has 1 fully saturated rings. The van der Waals surface area contributed by atoms with Gasteiger partial charge in [0.1, 0.15) is 0 Å². The van der Waals surface area contributed by atoms with Gasteiger partial charge < -0.3 is 10.2 Å². The summed E-state index contributed by atoms with van der Waals surface area (Å²) in [5.74, 6) is 0. The molecule has 2 rings (SSSR count). The van der Waals surface area contributed by atoms with Crippen molar-refractivity contribution in [2.75, 3.05) is 24.5 Å². The first-order valence-electron chi connectivity index (χ1n) is 5.28. The lowest BCUT2D eigenvalue weighted by Gasteiger charge is -2.34. The largest absolute Gasteiger partial charge is 0.367 e. The number of nitrogens with zero attached hydrogens (tertiary/aromatic N) is 2. The van der Waals surface area contributed by atoms with E-state index < -0.39 is 0 Å². The maximum absolute atomic E-state index is 6.25. The molecule has 0 amide bonds. The minimum absolute atomic E-state index is 0.517. The maximum Gasteiger partial charge on any atom is 0.0851 e. The number of hydrogen-bond donors (Lipinski definition) is 1. The van der Waals surface area contributed by atoms with Crippen molar-refractivity contribution in [1.29, 1.82) is 0 Å². The number of aryl methyl sites for hydroxylation is 1. The van der Waals surface area contributed by atoms with Crippen LogP contribution in [0.5, 0.6) is 0 Å². The molecular weight excluding hydrogens is 210 g/mol. The van der Waals surface area contributed by atoms with Crippen molar-refractivity contribution in [3.8, 4) is 0 Å². The molecule has 1 aliphatic rings. The SMILES string of the molecule is Cc1nccc(N2CCN[C@H](C)C2)c1Cl. The van der Waals surface area contributed by atoms with E-state index in [1.54, 1.807) is 0 Å². The molecule has 0 saturated carbocycles. The summed E-state index contributed by atoms with van der Waals surface area (Å²) in [5.41, 5.74) is 2.01. The minimum atomic E-state index is 0.517. The molecule has 1 atom stereocenters. The summed E-state index contributed by atoms with van der Waals surface area (Å²) in [6.45, 7) is 7.15. The smallest absolute Gasteiger partial charge is 0.0851 e. The molecule has 1 aromatic heterocycles. The molecule has 0 aromatic carbocycles. The van der Waals surface area contributed by atoms with E-state index in [1.165, 1.54) is 0 Å². The van der Waals surface area contributed by atoms with Crippen LogP contribution >= 0.6 is 11.6 Å². The third-order valence-electron chi connectivity index (χ3n) is 2.75. The molecule has 15 heavy (non-hydrogen) atoms. The molecule has 2 heterocycles. The summed E-state index contributed by atoms with van der Waals surface area (Å²) in [6, 6.07) is 2.51. The zero-order valence-electron chi connectivity index (χ0n) is 9.13. The van der Waals surface area contributed by atoms with Gasteiger partial charge in [-0.3, -0.25) is 4.98 Å². The van der Waals surface area contributed by atoms with Crippen LogP contribution in [0.3, 0.4) is 0 Å². The van der Waals surface area contributed by atoms with Gasteiger partial charge in [-0.1, -0.05) is 11.6 Å². The van der Waals surface area contributed by atoms with Gasteiger partial charge in [-0.15, -0.1) is 0 Å². The molecule has 0 aliphatic carbocycles. The summed E-state index contributed by atoms with van der Waals surface area (Å²) in [7, 11) is 0. The molecule has 0 radical (unpaired) electrons. The predicted molar refractivity (Wildman–Crippen MR) is 63.7 cm³/mol. The first kappa shape index (κ1) is 10.7. The number of halogens is 1. The molecule has 3 nitrogen and oxygen atoms in total. The molecule has 0 spiro atoms. The summed E-state index contributed by atoms with van der Waals surface area (Å²) >= 11 is 6.25. The Morgan fingerprint density at radius 1 is 1.60 bits per heavy atom. The average Bonchev–Trinajstić information content (AvgIpc) is 2.22. The Kier molecular flexibility index (Phi) is 3.12. The lowest BCUT2D eigenvalue weighted by atomic mass is 10.2. The summed E-state index contributed by atoms with van der Waals surface area (Å²) < 4.78 is 0. The van der Waals surface area contributed by atoms with Gasteiger partial charge in [0.25, 0.3) is 0 Å². The van der Waals surface area contributed by atoms with E-state index >= 15 is 0 Å². The summed E-state index contributed by atoms with van der Waals surface area (Å²) in [5, 5.41) is 4.20. The van der Waals surface area contributed by atoms with Gasteiger partial charge in [-0.25, -0.2) is 0 Å². The fourth-order valence-electron chi connectivity index (χ4n) is 1.93. The molecule has 1 aliphatic heterocycles. The standard InChI is InChI=1S/C11H16ClN3/c1-8-7-15(6-5-13-8)10-3-4-14-9(2)11(10)12/h3-4,8,13H,5-7H2,1-2H3/t8-/m1/s1. The number of aromatic nitrogens is 1. The molecule has 1 aromatic rings. The van der Waals surface area contributed by atoms with Gasteiger partial charge in [0.05, 0.1) is 16.4 Å². The van der Waals surface area contributed by atoms with Gasteiger partial charge in [-0.2, -0.15) is 0 Å². The highest BCUT2D eigenvalue weighted by Gasteiger charge is 2.18. The van der Waals surface area contributed by atoms with E-state index in [0.717, 1.165) is 36.0 Å². The average molecular weight is 226 g/mol. The molecular formula is C11H16ClN3. The fourth-order valence-corrected chi connectivity index (χ4v) is 2.16. The highest BCUT2D eigenvalue weighted by atomic mass is 35.5. The van der Waals surface area contributed by atoms with Crippen molar-refractivity contribution in [2.24, 2.45) is 0 Å². The third kappa shape index (κ3) is 2.24. The van der Waals surface area contributed by atoms with Crippen LogP contribution in [0.1, 0.15) is 12.6 Å². The lowest BCUT2D eigenvalue weighted by Crippen LogP contribution is -2.49. The maximum atomic E-state index is 6.25. The van der Waals surface area contributed by atoms with E-state index in [9.17, 15) is 0 Å². The second-order valence-corrected chi connectivity index (χ2v) is 4.41. The van der Waals surface area contributed by atoms with Crippen LogP contribution < -0.4 is 10.2 Å². The Bertz CT molecular complexity index is 354. The Hall–Kier alpha value is -0.800. The van der Waals surface area contributed by atoms with Crippen LogP contribution in [0.25, 0.3) is 0 Å². The van der Waals surface area contributed by atoms with E-state index in [2.05, 4.69) is 22.1 Å². The van der Waals surface area contributed by atoms with Crippen LogP contribution in [-0.2, 0) is 0 Å². The van der Waals surface area contributed by atoms with Crippen LogP contribution in [0.2, 0.25) is 5.02 Å². The van der Waals surface area contributed by atoms with Gasteiger partial charge in [0.15, 0.2) is 0 Å². The van der Waals surface area contributed by atoms with E-state index in [4.69, 9.17) is 11.6 Å². The highest BCUT2D eigenvalue weighted by Crippen LogP contribution is 2.27. The van der Waals surface area contributed by atoms with Crippen molar-refractivity contribution in [1.82, 2.24) is 10.3 Å². The summed E-state index contributed by atoms with van der Waals surface area (Å²) in [6.07, 6.45) is 1.82. The van der Waals surface area contributed by atoms with Gasteiger partial charge in [-0.05, 0) is 19.9 Å². The number of pyridine rings is 1. The normalized spacial score (nSPS) is 21.8.